The smallest absolute Gasteiger partial charge is 0.165 e. The molecular formula is C13H11FN2O. The van der Waals surface area contributed by atoms with Gasteiger partial charge in [0.05, 0.1) is 7.11 Å². The van der Waals surface area contributed by atoms with Crippen LogP contribution in [-0.4, -0.2) is 11.7 Å². The zero-order valence-corrected chi connectivity index (χ0v) is 9.35. The van der Waals surface area contributed by atoms with Gasteiger partial charge in [-0.15, -0.1) is 0 Å². The fourth-order valence-corrected chi connectivity index (χ4v) is 1.66. The first-order valence-corrected chi connectivity index (χ1v) is 5.12. The Hall–Kier alpha value is -2.28. The molecule has 0 atom stereocenters. The highest BCUT2D eigenvalue weighted by Crippen LogP contribution is 2.18. The molecule has 4 heteroatoms. The predicted molar refractivity (Wildman–Crippen MR) is 61.2 cm³/mol. The van der Waals surface area contributed by atoms with Crippen molar-refractivity contribution in [2.75, 3.05) is 7.11 Å². The van der Waals surface area contributed by atoms with E-state index in [0.29, 0.717) is 12.2 Å². The third-order valence-corrected chi connectivity index (χ3v) is 2.51. The minimum atomic E-state index is -0.393. The number of benzene rings is 1. The highest BCUT2D eigenvalue weighted by Gasteiger charge is 2.05. The van der Waals surface area contributed by atoms with Crippen molar-refractivity contribution in [3.63, 3.8) is 0 Å². The summed E-state index contributed by atoms with van der Waals surface area (Å²) in [6.45, 7) is 0.469. The maximum absolute atomic E-state index is 13.5. The molecule has 0 amide bonds. The number of hydrogen-bond donors (Lipinski definition) is 0. The summed E-state index contributed by atoms with van der Waals surface area (Å²) < 4.78 is 20.1. The van der Waals surface area contributed by atoms with E-state index in [1.165, 1.54) is 13.2 Å². The van der Waals surface area contributed by atoms with E-state index in [1.807, 2.05) is 0 Å². The summed E-state index contributed by atoms with van der Waals surface area (Å²) in [5, 5.41) is 8.86. The molecule has 0 spiro atoms. The summed E-state index contributed by atoms with van der Waals surface area (Å²) >= 11 is 0. The Morgan fingerprint density at radius 1 is 1.41 bits per heavy atom. The monoisotopic (exact) mass is 230 g/mol. The van der Waals surface area contributed by atoms with Gasteiger partial charge >= 0.3 is 0 Å². The Labute approximate surface area is 98.7 Å². The first-order chi connectivity index (χ1) is 8.24. The molecular weight excluding hydrogens is 219 g/mol. The van der Waals surface area contributed by atoms with Crippen LogP contribution in [0.5, 0.6) is 5.75 Å². The summed E-state index contributed by atoms with van der Waals surface area (Å²) in [5.74, 6) is -0.169. The Kier molecular flexibility index (Phi) is 3.10. The average molecular weight is 230 g/mol. The molecule has 17 heavy (non-hydrogen) atoms. The molecule has 0 radical (unpaired) electrons. The number of nitrogens with zero attached hydrogens (tertiary/aromatic N) is 2. The molecule has 0 bridgehead atoms. The predicted octanol–water partition coefficient (Wildman–Crippen LogP) is 2.56. The first-order valence-electron chi connectivity index (χ1n) is 5.12. The van der Waals surface area contributed by atoms with Gasteiger partial charge in [-0.25, -0.2) is 4.39 Å². The molecule has 2 aromatic rings. The Morgan fingerprint density at radius 3 is 2.88 bits per heavy atom. The summed E-state index contributed by atoms with van der Waals surface area (Å²) in [7, 11) is 1.43. The Bertz CT molecular complexity index is 569. The molecule has 0 aliphatic carbocycles. The topological polar surface area (TPSA) is 38.0 Å². The maximum Gasteiger partial charge on any atom is 0.165 e. The van der Waals surface area contributed by atoms with Gasteiger partial charge in [-0.1, -0.05) is 6.07 Å². The van der Waals surface area contributed by atoms with Crippen molar-refractivity contribution < 1.29 is 9.13 Å². The average Bonchev–Trinajstić information content (AvgIpc) is 2.76. The van der Waals surface area contributed by atoms with Gasteiger partial charge in [0.2, 0.25) is 0 Å². The number of ether oxygens (including phenoxy) is 1. The third-order valence-electron chi connectivity index (χ3n) is 2.51. The van der Waals surface area contributed by atoms with Crippen LogP contribution in [0.25, 0.3) is 0 Å². The van der Waals surface area contributed by atoms with E-state index >= 15 is 0 Å². The van der Waals surface area contributed by atoms with Gasteiger partial charge in [-0.2, -0.15) is 5.26 Å². The van der Waals surface area contributed by atoms with E-state index < -0.39 is 5.82 Å². The lowest BCUT2D eigenvalue weighted by Crippen LogP contribution is -2.01. The molecule has 1 aromatic heterocycles. The van der Waals surface area contributed by atoms with Gasteiger partial charge in [0.15, 0.2) is 11.6 Å². The van der Waals surface area contributed by atoms with Gasteiger partial charge in [-0.3, -0.25) is 0 Å². The number of methoxy groups -OCH3 is 1. The standard InChI is InChI=1S/C13H11FN2O/c1-17-13-5-4-10(7-12(13)14)9-16-6-2-3-11(16)8-15/h2-7H,9H2,1H3. The molecule has 86 valence electrons. The normalized spacial score (nSPS) is 9.94. The van der Waals surface area contributed by atoms with Crippen molar-refractivity contribution in [1.82, 2.24) is 4.57 Å². The van der Waals surface area contributed by atoms with Crippen LogP contribution < -0.4 is 4.74 Å². The number of hydrogen-bond acceptors (Lipinski definition) is 2. The summed E-state index contributed by atoms with van der Waals surface area (Å²) in [6, 6.07) is 10.4. The number of rotatable bonds is 3. The zero-order chi connectivity index (χ0) is 12.3. The molecule has 0 saturated heterocycles. The second kappa shape index (κ2) is 4.71. The quantitative estimate of drug-likeness (QED) is 0.812. The van der Waals surface area contributed by atoms with Crippen molar-refractivity contribution in [3.05, 3.63) is 53.6 Å². The minimum Gasteiger partial charge on any atom is -0.494 e. The zero-order valence-electron chi connectivity index (χ0n) is 9.35. The number of halogens is 1. The van der Waals surface area contributed by atoms with Crippen LogP contribution in [0.4, 0.5) is 4.39 Å². The van der Waals surface area contributed by atoms with Crippen molar-refractivity contribution in [3.8, 4) is 11.8 Å². The first kappa shape index (κ1) is 11.2. The summed E-state index contributed by atoms with van der Waals surface area (Å²) in [4.78, 5) is 0. The molecule has 3 nitrogen and oxygen atoms in total. The largest absolute Gasteiger partial charge is 0.494 e. The van der Waals surface area contributed by atoms with Gasteiger partial charge in [0.1, 0.15) is 11.8 Å². The van der Waals surface area contributed by atoms with Crippen LogP contribution >= 0.6 is 0 Å². The van der Waals surface area contributed by atoms with E-state index in [4.69, 9.17) is 10.00 Å². The lowest BCUT2D eigenvalue weighted by molar-refractivity contribution is 0.386. The highest BCUT2D eigenvalue weighted by atomic mass is 19.1. The molecule has 0 fully saturated rings. The van der Waals surface area contributed by atoms with Crippen LogP contribution in [0.15, 0.2) is 36.5 Å². The van der Waals surface area contributed by atoms with Crippen molar-refractivity contribution in [2.24, 2.45) is 0 Å². The van der Waals surface area contributed by atoms with Crippen molar-refractivity contribution in [2.45, 2.75) is 6.54 Å². The van der Waals surface area contributed by atoms with Crippen molar-refractivity contribution >= 4 is 0 Å². The molecule has 0 aliphatic rings. The minimum absolute atomic E-state index is 0.224. The van der Waals surface area contributed by atoms with E-state index in [0.717, 1.165) is 5.56 Å². The molecule has 0 N–H and O–H groups in total. The van der Waals surface area contributed by atoms with E-state index in [1.54, 1.807) is 35.0 Å². The molecule has 0 unspecified atom stereocenters. The lowest BCUT2D eigenvalue weighted by atomic mass is 10.2. The molecule has 1 heterocycles. The Balaban J connectivity index is 2.25. The maximum atomic E-state index is 13.5. The lowest BCUT2D eigenvalue weighted by Gasteiger charge is -2.07. The summed E-state index contributed by atoms with van der Waals surface area (Å²) in [6.07, 6.45) is 1.79. The fourth-order valence-electron chi connectivity index (χ4n) is 1.66. The second-order valence-electron chi connectivity index (χ2n) is 3.60. The second-order valence-corrected chi connectivity index (χ2v) is 3.60. The third kappa shape index (κ3) is 2.28. The Morgan fingerprint density at radius 2 is 2.24 bits per heavy atom. The molecule has 2 rings (SSSR count). The van der Waals surface area contributed by atoms with Crippen molar-refractivity contribution in [1.29, 1.82) is 5.26 Å². The van der Waals surface area contributed by atoms with Crippen LogP contribution in [-0.2, 0) is 6.54 Å². The highest BCUT2D eigenvalue weighted by molar-refractivity contribution is 5.30. The number of nitriles is 1. The SMILES string of the molecule is COc1ccc(Cn2cccc2C#N)cc1F. The van der Waals surface area contributed by atoms with Crippen LogP contribution in [0.3, 0.4) is 0 Å². The number of aromatic nitrogens is 1. The van der Waals surface area contributed by atoms with Gasteiger partial charge < -0.3 is 9.30 Å². The van der Waals surface area contributed by atoms with Gasteiger partial charge in [-0.05, 0) is 29.8 Å². The molecule has 1 aromatic carbocycles. The fraction of sp³-hybridized carbons (Fsp3) is 0.154. The van der Waals surface area contributed by atoms with Crippen LogP contribution in [0.1, 0.15) is 11.3 Å². The molecule has 0 aliphatic heterocycles. The van der Waals surface area contributed by atoms with Gasteiger partial charge in [0, 0.05) is 12.7 Å². The van der Waals surface area contributed by atoms with E-state index in [-0.39, 0.29) is 5.75 Å². The van der Waals surface area contributed by atoms with E-state index in [2.05, 4.69) is 6.07 Å². The van der Waals surface area contributed by atoms with Crippen LogP contribution in [0.2, 0.25) is 0 Å². The molecule has 0 saturated carbocycles. The van der Waals surface area contributed by atoms with Gasteiger partial charge in [0.25, 0.3) is 0 Å². The van der Waals surface area contributed by atoms with E-state index in [9.17, 15) is 4.39 Å². The summed E-state index contributed by atoms with van der Waals surface area (Å²) in [5.41, 5.74) is 1.34. The van der Waals surface area contributed by atoms with Crippen LogP contribution in [0, 0.1) is 17.1 Å².